The fourth-order valence-corrected chi connectivity index (χ4v) is 6.93. The molecule has 236 valence electrons. The summed E-state index contributed by atoms with van der Waals surface area (Å²) in [6.45, 7) is 8.95. The number of hydrogen-bond acceptors (Lipinski definition) is 11. The molecule has 6 rings (SSSR count). The van der Waals surface area contributed by atoms with Gasteiger partial charge < -0.3 is 24.1 Å². The topological polar surface area (TPSA) is 120 Å². The number of nitrogens with zero attached hydrogens (tertiary/aromatic N) is 3. The van der Waals surface area contributed by atoms with E-state index >= 15 is 0 Å². The number of aryl methyl sites for hydroxylation is 1. The minimum absolute atomic E-state index is 0.104. The van der Waals surface area contributed by atoms with Crippen LogP contribution in [0.1, 0.15) is 35.2 Å². The van der Waals surface area contributed by atoms with E-state index in [0.717, 1.165) is 5.56 Å². The number of thioether (sulfide) groups is 1. The summed E-state index contributed by atoms with van der Waals surface area (Å²) in [5.41, 5.74) is 3.00. The zero-order valence-electron chi connectivity index (χ0n) is 25.2. The molecule has 2 aliphatic heterocycles. The molecule has 3 aromatic carbocycles. The third-order valence-electron chi connectivity index (χ3n) is 7.28. The number of ketones is 1. The first-order chi connectivity index (χ1) is 22.4. The van der Waals surface area contributed by atoms with Crippen LogP contribution in [0.25, 0.3) is 5.76 Å². The van der Waals surface area contributed by atoms with Crippen LogP contribution in [-0.4, -0.2) is 53.4 Å². The highest BCUT2D eigenvalue weighted by Crippen LogP contribution is 2.46. The van der Waals surface area contributed by atoms with Crippen molar-refractivity contribution in [3.05, 3.63) is 101 Å². The first-order valence-corrected chi connectivity index (χ1v) is 16.4. The molecule has 1 aromatic heterocycles. The lowest BCUT2D eigenvalue weighted by Crippen LogP contribution is -2.29. The van der Waals surface area contributed by atoms with E-state index in [-0.39, 0.29) is 23.1 Å². The van der Waals surface area contributed by atoms with Gasteiger partial charge >= 0.3 is 5.91 Å². The van der Waals surface area contributed by atoms with Crippen LogP contribution in [0.15, 0.2) is 83.2 Å². The van der Waals surface area contributed by atoms with E-state index in [4.69, 9.17) is 18.9 Å². The SMILES string of the molecule is C=CCOc1ccc(C2C(=C(O)c3ccc4c(c3)OCCO4)C(=O)C(=O)N2c2nnc(SCc3ccc(C)cc3)s2)cc1OCC. The standard InChI is InChI=1S/C34H31N3O7S2/c1-4-14-42-24-12-10-22(17-26(24)41-5-2)29-28(30(38)23-11-13-25-27(18-23)44-16-15-43-25)31(39)32(40)37(29)33-35-36-34(46-33)45-19-21-8-6-20(3)7-9-21/h4,6-13,17-18,29,38H,1,5,14-16,19H2,2-3H3. The second-order valence-electron chi connectivity index (χ2n) is 10.4. The van der Waals surface area contributed by atoms with Crippen molar-refractivity contribution in [3.63, 3.8) is 0 Å². The first kappa shape index (κ1) is 31.2. The van der Waals surface area contributed by atoms with Gasteiger partial charge in [-0.2, -0.15) is 0 Å². The van der Waals surface area contributed by atoms with Gasteiger partial charge in [-0.15, -0.1) is 10.2 Å². The Hall–Kier alpha value is -4.81. The number of aromatic nitrogens is 2. The molecule has 0 saturated carbocycles. The summed E-state index contributed by atoms with van der Waals surface area (Å²) in [5, 5.41) is 20.5. The molecule has 1 atom stereocenters. The maximum Gasteiger partial charge on any atom is 0.301 e. The molecule has 0 radical (unpaired) electrons. The Morgan fingerprint density at radius 1 is 1.04 bits per heavy atom. The molecule has 1 saturated heterocycles. The predicted octanol–water partition coefficient (Wildman–Crippen LogP) is 6.50. The Morgan fingerprint density at radius 3 is 2.59 bits per heavy atom. The van der Waals surface area contributed by atoms with Crippen LogP contribution in [0.2, 0.25) is 0 Å². The second kappa shape index (κ2) is 13.7. The molecular formula is C34H31N3O7S2. The summed E-state index contributed by atoms with van der Waals surface area (Å²) in [6.07, 6.45) is 1.62. The van der Waals surface area contributed by atoms with Gasteiger partial charge in [0.05, 0.1) is 18.2 Å². The summed E-state index contributed by atoms with van der Waals surface area (Å²) in [4.78, 5) is 28.8. The van der Waals surface area contributed by atoms with Crippen molar-refractivity contribution in [2.24, 2.45) is 0 Å². The van der Waals surface area contributed by atoms with Crippen molar-refractivity contribution < 1.29 is 33.6 Å². The summed E-state index contributed by atoms with van der Waals surface area (Å²) in [7, 11) is 0. The van der Waals surface area contributed by atoms with E-state index in [2.05, 4.69) is 28.9 Å². The molecule has 0 bridgehead atoms. The summed E-state index contributed by atoms with van der Waals surface area (Å²) in [6, 6.07) is 17.2. The molecule has 1 unspecified atom stereocenters. The molecule has 1 amide bonds. The van der Waals surface area contributed by atoms with E-state index in [1.807, 2.05) is 26.0 Å². The van der Waals surface area contributed by atoms with Crippen molar-refractivity contribution in [1.29, 1.82) is 0 Å². The number of fused-ring (bicyclic) bond motifs is 1. The lowest BCUT2D eigenvalue weighted by molar-refractivity contribution is -0.132. The number of rotatable bonds is 11. The Labute approximate surface area is 274 Å². The molecule has 3 heterocycles. The highest BCUT2D eigenvalue weighted by atomic mass is 32.2. The minimum Gasteiger partial charge on any atom is -0.507 e. The Bertz CT molecular complexity index is 1820. The second-order valence-corrected chi connectivity index (χ2v) is 12.6. The van der Waals surface area contributed by atoms with Crippen molar-refractivity contribution in [2.75, 3.05) is 31.3 Å². The van der Waals surface area contributed by atoms with Crippen LogP contribution in [0.5, 0.6) is 23.0 Å². The number of ether oxygens (including phenoxy) is 4. The lowest BCUT2D eigenvalue weighted by atomic mass is 9.95. The molecule has 46 heavy (non-hydrogen) atoms. The van der Waals surface area contributed by atoms with Gasteiger partial charge in [0.1, 0.15) is 25.6 Å². The number of anilines is 1. The van der Waals surface area contributed by atoms with E-state index in [9.17, 15) is 14.7 Å². The van der Waals surface area contributed by atoms with E-state index in [1.54, 1.807) is 42.5 Å². The average molecular weight is 658 g/mol. The fourth-order valence-electron chi connectivity index (χ4n) is 5.11. The zero-order chi connectivity index (χ0) is 32.2. The fraction of sp³-hybridized carbons (Fsp3) is 0.235. The Morgan fingerprint density at radius 2 is 1.83 bits per heavy atom. The molecule has 1 N–H and O–H groups in total. The van der Waals surface area contributed by atoms with Crippen LogP contribution >= 0.6 is 23.1 Å². The van der Waals surface area contributed by atoms with Gasteiger partial charge in [0, 0.05) is 11.3 Å². The monoisotopic (exact) mass is 657 g/mol. The summed E-state index contributed by atoms with van der Waals surface area (Å²) < 4.78 is 23.6. The third-order valence-corrected chi connectivity index (χ3v) is 9.41. The number of hydrogen-bond donors (Lipinski definition) is 1. The van der Waals surface area contributed by atoms with Gasteiger partial charge in [0.25, 0.3) is 5.78 Å². The van der Waals surface area contributed by atoms with Crippen molar-refractivity contribution in [1.82, 2.24) is 10.2 Å². The van der Waals surface area contributed by atoms with Gasteiger partial charge in [-0.05, 0) is 55.3 Å². The predicted molar refractivity (Wildman–Crippen MR) is 176 cm³/mol. The number of aliphatic hydroxyl groups excluding tert-OH is 1. The van der Waals surface area contributed by atoms with Crippen LogP contribution in [0.3, 0.4) is 0 Å². The lowest BCUT2D eigenvalue weighted by Gasteiger charge is -2.24. The minimum atomic E-state index is -1.04. The van der Waals surface area contributed by atoms with Crippen molar-refractivity contribution >= 4 is 45.7 Å². The maximum absolute atomic E-state index is 13.8. The molecule has 1 fully saturated rings. The number of Topliss-reactive ketones (excluding diaryl/α,β-unsaturated/α-hetero) is 1. The number of carbonyl (C=O) groups excluding carboxylic acids is 2. The number of amides is 1. The highest BCUT2D eigenvalue weighted by Gasteiger charge is 2.48. The number of benzene rings is 3. The van der Waals surface area contributed by atoms with Crippen molar-refractivity contribution in [3.8, 4) is 23.0 Å². The first-order valence-electron chi connectivity index (χ1n) is 14.6. The highest BCUT2D eigenvalue weighted by molar-refractivity contribution is 8.00. The molecule has 0 aliphatic carbocycles. The smallest absolute Gasteiger partial charge is 0.301 e. The number of aliphatic hydroxyl groups is 1. The number of carbonyl (C=O) groups is 2. The summed E-state index contributed by atoms with van der Waals surface area (Å²) >= 11 is 2.68. The van der Waals surface area contributed by atoms with E-state index in [0.29, 0.717) is 64.0 Å². The van der Waals surface area contributed by atoms with Gasteiger partial charge in [0.2, 0.25) is 5.13 Å². The average Bonchev–Trinajstić information content (AvgIpc) is 3.65. The third kappa shape index (κ3) is 6.31. The van der Waals surface area contributed by atoms with Gasteiger partial charge in [-0.25, -0.2) is 0 Å². The van der Waals surface area contributed by atoms with E-state index in [1.165, 1.54) is 33.6 Å². The largest absolute Gasteiger partial charge is 0.507 e. The molecule has 2 aliphatic rings. The van der Waals surface area contributed by atoms with Crippen LogP contribution in [0, 0.1) is 6.92 Å². The van der Waals surface area contributed by atoms with Gasteiger partial charge in [-0.1, -0.05) is 71.6 Å². The Balaban J connectivity index is 1.42. The molecule has 12 heteroatoms. The zero-order valence-corrected chi connectivity index (χ0v) is 26.9. The van der Waals surface area contributed by atoms with E-state index < -0.39 is 17.7 Å². The molecular weight excluding hydrogens is 627 g/mol. The van der Waals surface area contributed by atoms with Crippen LogP contribution in [-0.2, 0) is 15.3 Å². The van der Waals surface area contributed by atoms with Gasteiger partial charge in [-0.3, -0.25) is 14.5 Å². The quantitative estimate of drug-likeness (QED) is 0.0478. The summed E-state index contributed by atoms with van der Waals surface area (Å²) in [5.74, 6) is 0.463. The van der Waals surface area contributed by atoms with Crippen molar-refractivity contribution in [2.45, 2.75) is 30.0 Å². The molecule has 10 nitrogen and oxygen atoms in total. The normalized spacial score (nSPS) is 16.8. The maximum atomic E-state index is 13.8. The van der Waals surface area contributed by atoms with Gasteiger partial charge in [0.15, 0.2) is 27.3 Å². The Kier molecular flexibility index (Phi) is 9.27. The molecule has 0 spiro atoms. The van der Waals surface area contributed by atoms with Crippen LogP contribution in [0.4, 0.5) is 5.13 Å². The molecule has 4 aromatic rings. The van der Waals surface area contributed by atoms with Crippen LogP contribution < -0.4 is 23.8 Å².